The molecule has 0 radical (unpaired) electrons. The lowest BCUT2D eigenvalue weighted by molar-refractivity contribution is 0.667. The summed E-state index contributed by atoms with van der Waals surface area (Å²) in [6.07, 6.45) is 0. The number of benzene rings is 8. The van der Waals surface area contributed by atoms with Gasteiger partial charge in [-0.3, -0.25) is 0 Å². The van der Waals surface area contributed by atoms with Crippen molar-refractivity contribution in [2.75, 3.05) is 0 Å². The van der Waals surface area contributed by atoms with Crippen molar-refractivity contribution in [3.05, 3.63) is 224 Å². The van der Waals surface area contributed by atoms with Gasteiger partial charge in [0.1, 0.15) is 16.8 Å². The molecule has 0 spiro atoms. The second kappa shape index (κ2) is 15.5. The van der Waals surface area contributed by atoms with Crippen LogP contribution in [0.2, 0.25) is 0 Å². The van der Waals surface area contributed by atoms with E-state index in [1.165, 1.54) is 0 Å². The predicted molar refractivity (Wildman–Crippen MR) is 251 cm³/mol. The first-order chi connectivity index (χ1) is 30.2. The minimum atomic E-state index is 0.668. The summed E-state index contributed by atoms with van der Waals surface area (Å²) in [6, 6.07) is 78.3. The second-order valence-corrected chi connectivity index (χ2v) is 15.2. The van der Waals surface area contributed by atoms with Crippen LogP contribution >= 0.6 is 0 Å². The molecule has 0 bridgehead atoms. The molecule has 8 aromatic carbocycles. The number of fused-ring (bicyclic) bond motifs is 3. The van der Waals surface area contributed by atoms with Crippen molar-refractivity contribution in [1.29, 1.82) is 0 Å². The fraction of sp³-hybridized carbons (Fsp3) is 0. The number of pyridine rings is 1. The van der Waals surface area contributed by atoms with Crippen molar-refractivity contribution in [3.8, 4) is 89.7 Å². The molecule has 0 fully saturated rings. The van der Waals surface area contributed by atoms with E-state index in [9.17, 15) is 0 Å². The van der Waals surface area contributed by atoms with Crippen LogP contribution < -0.4 is 0 Å². The fourth-order valence-electron chi connectivity index (χ4n) is 8.20. The number of hydrogen-bond acceptors (Lipinski definition) is 4. The summed E-state index contributed by atoms with van der Waals surface area (Å²) in [5, 5.41) is 0.974. The van der Waals surface area contributed by atoms with Gasteiger partial charge in [0, 0.05) is 27.6 Å². The molecule has 3 aromatic heterocycles. The number of para-hydroxylation sites is 1. The number of hydrogen-bond donors (Lipinski definition) is 0. The molecule has 3 heterocycles. The highest BCUT2D eigenvalue weighted by atomic mass is 16.3. The van der Waals surface area contributed by atoms with Crippen LogP contribution in [0, 0.1) is 0 Å². The summed E-state index contributed by atoms with van der Waals surface area (Å²) in [5.41, 5.74) is 18.1. The molecule has 0 saturated carbocycles. The molecule has 0 amide bonds. The Morgan fingerprint density at radius 1 is 0.279 bits per heavy atom. The maximum atomic E-state index is 6.45. The average molecular weight is 780 g/mol. The van der Waals surface area contributed by atoms with Crippen molar-refractivity contribution in [2.24, 2.45) is 0 Å². The van der Waals surface area contributed by atoms with E-state index in [0.29, 0.717) is 11.4 Å². The van der Waals surface area contributed by atoms with Gasteiger partial charge in [0.25, 0.3) is 0 Å². The van der Waals surface area contributed by atoms with Crippen molar-refractivity contribution in [1.82, 2.24) is 15.0 Å². The minimum absolute atomic E-state index is 0.668. The Bertz CT molecular complexity index is 3300. The lowest BCUT2D eigenvalue weighted by Crippen LogP contribution is -1.94. The van der Waals surface area contributed by atoms with Crippen molar-refractivity contribution in [3.63, 3.8) is 0 Å². The highest BCUT2D eigenvalue weighted by molar-refractivity contribution is 6.07. The molecule has 0 aliphatic heterocycles. The third-order valence-corrected chi connectivity index (χ3v) is 11.3. The molecule has 11 rings (SSSR count). The largest absolute Gasteiger partial charge is 0.452 e. The Morgan fingerprint density at radius 3 is 1.30 bits per heavy atom. The molecule has 286 valence electrons. The van der Waals surface area contributed by atoms with Gasteiger partial charge in [-0.1, -0.05) is 176 Å². The molecule has 0 N–H and O–H groups in total. The molecule has 0 unspecified atom stereocenters. The summed E-state index contributed by atoms with van der Waals surface area (Å²) >= 11 is 0. The van der Waals surface area contributed by atoms with Crippen molar-refractivity contribution >= 4 is 22.1 Å². The van der Waals surface area contributed by atoms with E-state index >= 15 is 0 Å². The second-order valence-electron chi connectivity index (χ2n) is 15.2. The average Bonchev–Trinajstić information content (AvgIpc) is 3.73. The molecular formula is C57H37N3O. The first-order valence-corrected chi connectivity index (χ1v) is 20.5. The summed E-state index contributed by atoms with van der Waals surface area (Å²) < 4.78 is 6.45. The van der Waals surface area contributed by atoms with Crippen LogP contribution in [0.4, 0.5) is 0 Å². The molecule has 0 saturated heterocycles. The van der Waals surface area contributed by atoms with Gasteiger partial charge in [0.05, 0.1) is 11.4 Å². The van der Waals surface area contributed by atoms with Crippen molar-refractivity contribution in [2.45, 2.75) is 0 Å². The fourth-order valence-corrected chi connectivity index (χ4v) is 8.20. The van der Waals surface area contributed by atoms with Crippen LogP contribution in [-0.4, -0.2) is 15.0 Å². The molecule has 4 heteroatoms. The van der Waals surface area contributed by atoms with E-state index in [2.05, 4.69) is 170 Å². The van der Waals surface area contributed by atoms with E-state index in [1.54, 1.807) is 0 Å². The number of aromatic nitrogens is 3. The zero-order valence-electron chi connectivity index (χ0n) is 33.1. The van der Waals surface area contributed by atoms with E-state index in [1.807, 2.05) is 54.6 Å². The van der Waals surface area contributed by atoms with Crippen LogP contribution in [-0.2, 0) is 0 Å². The third kappa shape index (κ3) is 7.07. The number of nitrogens with zero attached hydrogens (tertiary/aromatic N) is 3. The maximum absolute atomic E-state index is 6.45. The summed E-state index contributed by atoms with van der Waals surface area (Å²) in [5.74, 6) is 0.668. The van der Waals surface area contributed by atoms with Crippen LogP contribution in [0.25, 0.3) is 112 Å². The first kappa shape index (κ1) is 35.9. The summed E-state index contributed by atoms with van der Waals surface area (Å²) in [6.45, 7) is 0. The summed E-state index contributed by atoms with van der Waals surface area (Å²) in [4.78, 5) is 15.3. The SMILES string of the molecule is c1ccc(-c2cc(-c3ccccc3)nc(-c3cccc(-c4cccc(-c5cccc(-c6cccc(-c7nc(-c8ccccc8)nc8c7oc7ccccc78)c6)c5)c4)c3)c2)cc1. The van der Waals surface area contributed by atoms with E-state index in [4.69, 9.17) is 19.4 Å². The standard InChI is InChI=1S/C57H37N3O/c1-4-16-38(17-5-1)49-36-51(39-18-6-2-7-19-39)58-52(37-49)47-28-14-26-45(34-47)43-24-12-22-41(32-43)42-23-13-25-44(33-42)46-27-15-29-48(35-46)54-56-55(50-30-10-11-31-53(50)61-56)60-57(59-54)40-20-8-3-9-21-40/h1-37H. The number of rotatable bonds is 8. The highest BCUT2D eigenvalue weighted by Crippen LogP contribution is 2.38. The lowest BCUT2D eigenvalue weighted by atomic mass is 9.94. The Hall–Kier alpha value is -8.21. The van der Waals surface area contributed by atoms with Crippen molar-refractivity contribution < 1.29 is 4.42 Å². The van der Waals surface area contributed by atoms with Gasteiger partial charge in [-0.2, -0.15) is 0 Å². The van der Waals surface area contributed by atoms with Crippen LogP contribution in [0.3, 0.4) is 0 Å². The topological polar surface area (TPSA) is 51.8 Å². The maximum Gasteiger partial charge on any atom is 0.180 e. The third-order valence-electron chi connectivity index (χ3n) is 11.3. The Morgan fingerprint density at radius 2 is 0.705 bits per heavy atom. The molecule has 0 aliphatic carbocycles. The monoisotopic (exact) mass is 779 g/mol. The summed E-state index contributed by atoms with van der Waals surface area (Å²) in [7, 11) is 0. The first-order valence-electron chi connectivity index (χ1n) is 20.5. The Balaban J connectivity index is 0.941. The predicted octanol–water partition coefficient (Wildman–Crippen LogP) is 15.1. The highest BCUT2D eigenvalue weighted by Gasteiger charge is 2.19. The Labute approximate surface area is 354 Å². The molecular weight excluding hydrogens is 743 g/mol. The van der Waals surface area contributed by atoms with Gasteiger partial charge in [-0.05, 0) is 93.0 Å². The van der Waals surface area contributed by atoms with Crippen LogP contribution in [0.15, 0.2) is 229 Å². The van der Waals surface area contributed by atoms with E-state index in [-0.39, 0.29) is 0 Å². The normalized spacial score (nSPS) is 11.3. The van der Waals surface area contributed by atoms with Crippen LogP contribution in [0.5, 0.6) is 0 Å². The molecule has 61 heavy (non-hydrogen) atoms. The van der Waals surface area contributed by atoms with Gasteiger partial charge in [-0.15, -0.1) is 0 Å². The molecule has 0 atom stereocenters. The van der Waals surface area contributed by atoms with Gasteiger partial charge in [-0.25, -0.2) is 15.0 Å². The van der Waals surface area contributed by atoms with E-state index in [0.717, 1.165) is 100 Å². The zero-order valence-corrected chi connectivity index (χ0v) is 33.1. The lowest BCUT2D eigenvalue weighted by Gasteiger charge is -2.12. The molecule has 4 nitrogen and oxygen atoms in total. The number of furan rings is 1. The minimum Gasteiger partial charge on any atom is -0.452 e. The molecule has 11 aromatic rings. The van der Waals surface area contributed by atoms with Gasteiger partial charge >= 0.3 is 0 Å². The van der Waals surface area contributed by atoms with Gasteiger partial charge < -0.3 is 4.42 Å². The quantitative estimate of drug-likeness (QED) is 0.154. The van der Waals surface area contributed by atoms with Gasteiger partial charge in [0.2, 0.25) is 0 Å². The van der Waals surface area contributed by atoms with Crippen LogP contribution in [0.1, 0.15) is 0 Å². The zero-order chi connectivity index (χ0) is 40.5. The van der Waals surface area contributed by atoms with Gasteiger partial charge in [0.15, 0.2) is 11.4 Å². The smallest absolute Gasteiger partial charge is 0.180 e. The van der Waals surface area contributed by atoms with E-state index < -0.39 is 0 Å². The molecule has 0 aliphatic rings. The Kier molecular flexibility index (Phi) is 9.14.